The Balaban J connectivity index is 1.78. The SMILES string of the molecule is CNCC1CCCCN1C(=O)CCOc1ccccc1. The van der Waals surface area contributed by atoms with Gasteiger partial charge in [0.05, 0.1) is 13.0 Å². The molecular weight excluding hydrogens is 252 g/mol. The number of para-hydroxylation sites is 1. The molecule has 1 aliphatic rings. The molecule has 1 aromatic carbocycles. The van der Waals surface area contributed by atoms with E-state index in [-0.39, 0.29) is 5.91 Å². The van der Waals surface area contributed by atoms with Crippen LogP contribution in [0.25, 0.3) is 0 Å². The Morgan fingerprint density at radius 1 is 1.35 bits per heavy atom. The largest absolute Gasteiger partial charge is 0.493 e. The Hall–Kier alpha value is -1.55. The molecule has 4 nitrogen and oxygen atoms in total. The Morgan fingerprint density at radius 2 is 2.15 bits per heavy atom. The van der Waals surface area contributed by atoms with Gasteiger partial charge in [-0.1, -0.05) is 18.2 Å². The predicted molar refractivity (Wildman–Crippen MR) is 79.8 cm³/mol. The number of hydrogen-bond donors (Lipinski definition) is 1. The summed E-state index contributed by atoms with van der Waals surface area (Å²) in [5, 5.41) is 3.18. The smallest absolute Gasteiger partial charge is 0.226 e. The van der Waals surface area contributed by atoms with Gasteiger partial charge in [-0.15, -0.1) is 0 Å². The van der Waals surface area contributed by atoms with Gasteiger partial charge in [0.1, 0.15) is 5.75 Å². The Morgan fingerprint density at radius 3 is 2.90 bits per heavy atom. The van der Waals surface area contributed by atoms with Gasteiger partial charge in [0, 0.05) is 19.1 Å². The standard InChI is InChI=1S/C16H24N2O2/c1-17-13-14-7-5-6-11-18(14)16(19)10-12-20-15-8-3-2-4-9-15/h2-4,8-9,14,17H,5-7,10-13H2,1H3. The van der Waals surface area contributed by atoms with E-state index < -0.39 is 0 Å². The average molecular weight is 276 g/mol. The Bertz CT molecular complexity index is 406. The molecule has 1 heterocycles. The van der Waals surface area contributed by atoms with Crippen LogP contribution in [0.2, 0.25) is 0 Å². The molecule has 1 atom stereocenters. The highest BCUT2D eigenvalue weighted by molar-refractivity contribution is 5.76. The zero-order chi connectivity index (χ0) is 14.2. The number of carbonyl (C=O) groups is 1. The first-order chi connectivity index (χ1) is 9.81. The zero-order valence-corrected chi connectivity index (χ0v) is 12.2. The number of nitrogens with zero attached hydrogens (tertiary/aromatic N) is 1. The fourth-order valence-corrected chi connectivity index (χ4v) is 2.69. The van der Waals surface area contributed by atoms with Crippen LogP contribution in [0.4, 0.5) is 0 Å². The van der Waals surface area contributed by atoms with Crippen molar-refractivity contribution in [2.45, 2.75) is 31.7 Å². The summed E-state index contributed by atoms with van der Waals surface area (Å²) in [6.07, 6.45) is 3.89. The van der Waals surface area contributed by atoms with E-state index >= 15 is 0 Å². The van der Waals surface area contributed by atoms with Crippen molar-refractivity contribution in [1.29, 1.82) is 0 Å². The van der Waals surface area contributed by atoms with Gasteiger partial charge in [0.15, 0.2) is 0 Å². The van der Waals surface area contributed by atoms with E-state index in [0.29, 0.717) is 19.1 Å². The molecule has 1 unspecified atom stereocenters. The highest BCUT2D eigenvalue weighted by Gasteiger charge is 2.25. The maximum atomic E-state index is 12.3. The number of amides is 1. The van der Waals surface area contributed by atoms with Crippen molar-refractivity contribution in [2.75, 3.05) is 26.7 Å². The fraction of sp³-hybridized carbons (Fsp3) is 0.562. The molecule has 1 saturated heterocycles. The lowest BCUT2D eigenvalue weighted by Crippen LogP contribution is -2.48. The lowest BCUT2D eigenvalue weighted by atomic mass is 10.0. The maximum absolute atomic E-state index is 12.3. The van der Waals surface area contributed by atoms with Crippen molar-refractivity contribution in [3.63, 3.8) is 0 Å². The first kappa shape index (κ1) is 14.9. The van der Waals surface area contributed by atoms with Crippen molar-refractivity contribution < 1.29 is 9.53 Å². The second-order valence-corrected chi connectivity index (χ2v) is 5.21. The summed E-state index contributed by atoms with van der Waals surface area (Å²) in [5.41, 5.74) is 0. The number of ether oxygens (including phenoxy) is 1. The first-order valence-electron chi connectivity index (χ1n) is 7.43. The summed E-state index contributed by atoms with van der Waals surface area (Å²) >= 11 is 0. The lowest BCUT2D eigenvalue weighted by molar-refractivity contribution is -0.135. The number of nitrogens with one attached hydrogen (secondary N) is 1. The lowest BCUT2D eigenvalue weighted by Gasteiger charge is -2.35. The van der Waals surface area contributed by atoms with Crippen molar-refractivity contribution >= 4 is 5.91 Å². The van der Waals surface area contributed by atoms with E-state index in [2.05, 4.69) is 5.32 Å². The molecule has 0 saturated carbocycles. The Labute approximate surface area is 121 Å². The Kier molecular flexibility index (Phi) is 5.87. The number of carbonyl (C=O) groups excluding carboxylic acids is 1. The fourth-order valence-electron chi connectivity index (χ4n) is 2.69. The molecule has 1 fully saturated rings. The number of likely N-dealkylation sites (tertiary alicyclic amines) is 1. The number of hydrogen-bond acceptors (Lipinski definition) is 3. The molecule has 0 aliphatic carbocycles. The second kappa shape index (κ2) is 7.90. The summed E-state index contributed by atoms with van der Waals surface area (Å²) in [4.78, 5) is 14.3. The van der Waals surface area contributed by atoms with Crippen LogP contribution in [0.5, 0.6) is 5.75 Å². The minimum absolute atomic E-state index is 0.209. The highest BCUT2D eigenvalue weighted by Crippen LogP contribution is 2.17. The van der Waals surface area contributed by atoms with Gasteiger partial charge in [-0.05, 0) is 38.4 Å². The number of benzene rings is 1. The third kappa shape index (κ3) is 4.23. The second-order valence-electron chi connectivity index (χ2n) is 5.21. The minimum atomic E-state index is 0.209. The van der Waals surface area contributed by atoms with Crippen molar-refractivity contribution in [3.8, 4) is 5.75 Å². The summed E-state index contributed by atoms with van der Waals surface area (Å²) in [5.74, 6) is 1.03. The van der Waals surface area contributed by atoms with Crippen LogP contribution >= 0.6 is 0 Å². The maximum Gasteiger partial charge on any atom is 0.226 e. The predicted octanol–water partition coefficient (Wildman–Crippen LogP) is 2.06. The normalized spacial score (nSPS) is 18.9. The van der Waals surface area contributed by atoms with Crippen LogP contribution in [0.1, 0.15) is 25.7 Å². The summed E-state index contributed by atoms with van der Waals surface area (Å²) in [7, 11) is 1.94. The van der Waals surface area contributed by atoms with Gasteiger partial charge < -0.3 is 15.0 Å². The number of piperidine rings is 1. The molecule has 1 amide bonds. The molecule has 2 rings (SSSR count). The molecule has 1 aromatic rings. The van der Waals surface area contributed by atoms with E-state index in [0.717, 1.165) is 31.7 Å². The van der Waals surface area contributed by atoms with E-state index in [1.165, 1.54) is 6.42 Å². The van der Waals surface area contributed by atoms with Crippen LogP contribution < -0.4 is 10.1 Å². The number of likely N-dealkylation sites (N-methyl/N-ethyl adjacent to an activating group) is 1. The molecule has 0 aromatic heterocycles. The molecule has 20 heavy (non-hydrogen) atoms. The minimum Gasteiger partial charge on any atom is -0.493 e. The quantitative estimate of drug-likeness (QED) is 0.864. The molecule has 1 aliphatic heterocycles. The third-order valence-corrected chi connectivity index (χ3v) is 3.72. The molecule has 0 radical (unpaired) electrons. The van der Waals surface area contributed by atoms with Gasteiger partial charge in [-0.3, -0.25) is 4.79 Å². The van der Waals surface area contributed by atoms with Crippen molar-refractivity contribution in [1.82, 2.24) is 10.2 Å². The molecule has 4 heteroatoms. The van der Waals surface area contributed by atoms with Gasteiger partial charge in [-0.2, -0.15) is 0 Å². The van der Waals surface area contributed by atoms with E-state index in [1.807, 2.05) is 42.3 Å². The van der Waals surface area contributed by atoms with Gasteiger partial charge in [0.25, 0.3) is 0 Å². The van der Waals surface area contributed by atoms with Crippen LogP contribution in [-0.2, 0) is 4.79 Å². The summed E-state index contributed by atoms with van der Waals surface area (Å²) in [6, 6.07) is 9.99. The van der Waals surface area contributed by atoms with E-state index in [1.54, 1.807) is 0 Å². The molecule has 0 spiro atoms. The summed E-state index contributed by atoms with van der Waals surface area (Å²) in [6.45, 7) is 2.22. The highest BCUT2D eigenvalue weighted by atomic mass is 16.5. The van der Waals surface area contributed by atoms with Crippen LogP contribution in [0.15, 0.2) is 30.3 Å². The third-order valence-electron chi connectivity index (χ3n) is 3.72. The monoisotopic (exact) mass is 276 g/mol. The van der Waals surface area contributed by atoms with Crippen LogP contribution in [0, 0.1) is 0 Å². The van der Waals surface area contributed by atoms with E-state index in [9.17, 15) is 4.79 Å². The molecule has 1 N–H and O–H groups in total. The molecule has 0 bridgehead atoms. The summed E-state index contributed by atoms with van der Waals surface area (Å²) < 4.78 is 5.60. The first-order valence-corrected chi connectivity index (χ1v) is 7.43. The number of rotatable bonds is 6. The topological polar surface area (TPSA) is 41.6 Å². The van der Waals surface area contributed by atoms with Gasteiger partial charge >= 0.3 is 0 Å². The molecule has 110 valence electrons. The van der Waals surface area contributed by atoms with Gasteiger partial charge in [0.2, 0.25) is 5.91 Å². The van der Waals surface area contributed by atoms with Crippen LogP contribution in [0.3, 0.4) is 0 Å². The zero-order valence-electron chi connectivity index (χ0n) is 12.2. The van der Waals surface area contributed by atoms with E-state index in [4.69, 9.17) is 4.74 Å². The van der Waals surface area contributed by atoms with Crippen molar-refractivity contribution in [2.24, 2.45) is 0 Å². The molecular formula is C16H24N2O2. The van der Waals surface area contributed by atoms with Crippen LogP contribution in [-0.4, -0.2) is 43.6 Å². The van der Waals surface area contributed by atoms with Crippen molar-refractivity contribution in [3.05, 3.63) is 30.3 Å². The average Bonchev–Trinajstić information content (AvgIpc) is 2.49. The van der Waals surface area contributed by atoms with Gasteiger partial charge in [-0.25, -0.2) is 0 Å².